The minimum absolute atomic E-state index is 0.00994. The summed E-state index contributed by atoms with van der Waals surface area (Å²) in [5.41, 5.74) is 0. The number of hydrogen-bond acceptors (Lipinski definition) is 1. The van der Waals surface area contributed by atoms with Gasteiger partial charge >= 0.3 is 0 Å². The summed E-state index contributed by atoms with van der Waals surface area (Å²) in [5.74, 6) is -0.0583. The SMILES string of the molecule is CC(C)C(=O)/C=C/CCC(F)F. The summed E-state index contributed by atoms with van der Waals surface area (Å²) in [6.45, 7) is 3.56. The minimum atomic E-state index is -2.27. The highest BCUT2D eigenvalue weighted by atomic mass is 19.3. The van der Waals surface area contributed by atoms with Crippen molar-refractivity contribution < 1.29 is 13.6 Å². The van der Waals surface area contributed by atoms with E-state index in [0.29, 0.717) is 0 Å². The molecule has 0 aliphatic carbocycles. The first kappa shape index (κ1) is 11.3. The van der Waals surface area contributed by atoms with E-state index in [0.717, 1.165) is 0 Å². The second-order valence-electron chi connectivity index (χ2n) is 2.93. The highest BCUT2D eigenvalue weighted by molar-refractivity contribution is 5.91. The lowest BCUT2D eigenvalue weighted by Crippen LogP contribution is -2.01. The number of hydrogen-bond donors (Lipinski definition) is 0. The summed E-state index contributed by atoms with van der Waals surface area (Å²) in [5, 5.41) is 0. The standard InChI is InChI=1S/C9H14F2O/c1-7(2)8(12)5-3-4-6-9(10)11/h3,5,7,9H,4,6H2,1-2H3/b5-3+. The lowest BCUT2D eigenvalue weighted by atomic mass is 10.1. The monoisotopic (exact) mass is 176 g/mol. The van der Waals surface area contributed by atoms with Crippen molar-refractivity contribution >= 4 is 5.78 Å². The zero-order valence-electron chi connectivity index (χ0n) is 7.39. The van der Waals surface area contributed by atoms with Gasteiger partial charge in [-0.2, -0.15) is 0 Å². The van der Waals surface area contributed by atoms with Crippen LogP contribution in [-0.2, 0) is 4.79 Å². The fourth-order valence-electron chi connectivity index (χ4n) is 0.614. The van der Waals surface area contributed by atoms with Crippen LogP contribution in [0.5, 0.6) is 0 Å². The fourth-order valence-corrected chi connectivity index (χ4v) is 0.614. The van der Waals surface area contributed by atoms with E-state index in [1.807, 2.05) is 0 Å². The lowest BCUT2D eigenvalue weighted by molar-refractivity contribution is -0.117. The van der Waals surface area contributed by atoms with Gasteiger partial charge in [-0.15, -0.1) is 0 Å². The van der Waals surface area contributed by atoms with E-state index in [4.69, 9.17) is 0 Å². The van der Waals surface area contributed by atoms with E-state index < -0.39 is 6.43 Å². The summed E-state index contributed by atoms with van der Waals surface area (Å²) >= 11 is 0. The maximum atomic E-state index is 11.6. The van der Waals surface area contributed by atoms with Gasteiger partial charge in [-0.05, 0) is 12.5 Å². The van der Waals surface area contributed by atoms with Crippen molar-refractivity contribution in [2.75, 3.05) is 0 Å². The first-order chi connectivity index (χ1) is 5.54. The van der Waals surface area contributed by atoms with Gasteiger partial charge in [0.1, 0.15) is 0 Å². The van der Waals surface area contributed by atoms with Crippen molar-refractivity contribution in [2.45, 2.75) is 33.1 Å². The zero-order valence-corrected chi connectivity index (χ0v) is 7.39. The molecule has 0 rings (SSSR count). The smallest absolute Gasteiger partial charge is 0.238 e. The number of alkyl halides is 2. The summed E-state index contributed by atoms with van der Waals surface area (Å²) in [4.78, 5) is 10.9. The Balaban J connectivity index is 3.55. The molecule has 0 saturated heterocycles. The van der Waals surface area contributed by atoms with Gasteiger partial charge in [0.25, 0.3) is 0 Å². The van der Waals surface area contributed by atoms with Gasteiger partial charge in [0.2, 0.25) is 6.43 Å². The molecule has 0 radical (unpaired) electrons. The van der Waals surface area contributed by atoms with Crippen molar-refractivity contribution in [2.24, 2.45) is 5.92 Å². The normalized spacial score (nSPS) is 11.8. The van der Waals surface area contributed by atoms with Crippen LogP contribution < -0.4 is 0 Å². The molecule has 0 bridgehead atoms. The van der Waals surface area contributed by atoms with Crippen LogP contribution in [0.2, 0.25) is 0 Å². The average Bonchev–Trinajstić information content (AvgIpc) is 1.97. The third kappa shape index (κ3) is 6.01. The van der Waals surface area contributed by atoms with Crippen LogP contribution in [-0.4, -0.2) is 12.2 Å². The molecule has 0 aliphatic rings. The Morgan fingerprint density at radius 3 is 2.42 bits per heavy atom. The topological polar surface area (TPSA) is 17.1 Å². The lowest BCUT2D eigenvalue weighted by Gasteiger charge is -1.96. The molecule has 0 atom stereocenters. The Labute approximate surface area is 71.5 Å². The minimum Gasteiger partial charge on any atom is -0.295 e. The molecule has 0 aliphatic heterocycles. The molecule has 0 aromatic carbocycles. The second kappa shape index (κ2) is 5.86. The van der Waals surface area contributed by atoms with Gasteiger partial charge in [-0.25, -0.2) is 8.78 Å². The van der Waals surface area contributed by atoms with Crippen LogP contribution in [0.4, 0.5) is 8.78 Å². The molecule has 0 saturated carbocycles. The largest absolute Gasteiger partial charge is 0.295 e. The number of carbonyl (C=O) groups excluding carboxylic acids is 1. The molecule has 0 heterocycles. The molecule has 0 N–H and O–H groups in total. The van der Waals surface area contributed by atoms with Crippen LogP contribution in [0.1, 0.15) is 26.7 Å². The Bertz CT molecular complexity index is 162. The molecule has 0 fully saturated rings. The van der Waals surface area contributed by atoms with Crippen molar-refractivity contribution in [3.63, 3.8) is 0 Å². The average molecular weight is 176 g/mol. The molecular formula is C9H14F2O. The molecule has 0 spiro atoms. The number of carbonyl (C=O) groups is 1. The van der Waals surface area contributed by atoms with Crippen LogP contribution in [0.25, 0.3) is 0 Å². The molecule has 0 amide bonds. The number of allylic oxidation sites excluding steroid dienone is 2. The molecule has 0 unspecified atom stereocenters. The number of rotatable bonds is 5. The molecular weight excluding hydrogens is 162 g/mol. The van der Waals surface area contributed by atoms with E-state index in [1.54, 1.807) is 13.8 Å². The fraction of sp³-hybridized carbons (Fsp3) is 0.667. The highest BCUT2D eigenvalue weighted by Crippen LogP contribution is 2.04. The predicted molar refractivity (Wildman–Crippen MR) is 44.2 cm³/mol. The van der Waals surface area contributed by atoms with E-state index in [9.17, 15) is 13.6 Å². The van der Waals surface area contributed by atoms with E-state index in [-0.39, 0.29) is 24.5 Å². The first-order valence-corrected chi connectivity index (χ1v) is 4.02. The van der Waals surface area contributed by atoms with E-state index >= 15 is 0 Å². The maximum absolute atomic E-state index is 11.6. The first-order valence-electron chi connectivity index (χ1n) is 4.02. The molecule has 0 aromatic heterocycles. The van der Waals surface area contributed by atoms with Gasteiger partial charge in [0.05, 0.1) is 0 Å². The van der Waals surface area contributed by atoms with Gasteiger partial charge in [0, 0.05) is 12.3 Å². The molecule has 70 valence electrons. The molecule has 0 aromatic rings. The summed E-state index contributed by atoms with van der Waals surface area (Å²) in [6, 6.07) is 0. The van der Waals surface area contributed by atoms with Gasteiger partial charge in [-0.3, -0.25) is 4.79 Å². The summed E-state index contributed by atoms with van der Waals surface area (Å²) in [7, 11) is 0. The predicted octanol–water partition coefficient (Wildman–Crippen LogP) is 2.81. The van der Waals surface area contributed by atoms with Crippen molar-refractivity contribution in [1.82, 2.24) is 0 Å². The van der Waals surface area contributed by atoms with Crippen LogP contribution >= 0.6 is 0 Å². The summed E-state index contributed by atoms with van der Waals surface area (Å²) < 4.78 is 23.2. The van der Waals surface area contributed by atoms with Crippen molar-refractivity contribution in [3.05, 3.63) is 12.2 Å². The second-order valence-corrected chi connectivity index (χ2v) is 2.93. The molecule has 12 heavy (non-hydrogen) atoms. The van der Waals surface area contributed by atoms with Gasteiger partial charge in [0.15, 0.2) is 5.78 Å². The van der Waals surface area contributed by atoms with E-state index in [2.05, 4.69) is 0 Å². The van der Waals surface area contributed by atoms with E-state index in [1.165, 1.54) is 12.2 Å². The Hall–Kier alpha value is -0.730. The van der Waals surface area contributed by atoms with Crippen LogP contribution in [0, 0.1) is 5.92 Å². The Kier molecular flexibility index (Phi) is 5.51. The van der Waals surface area contributed by atoms with Gasteiger partial charge in [-0.1, -0.05) is 19.9 Å². The third-order valence-corrected chi connectivity index (χ3v) is 1.40. The third-order valence-electron chi connectivity index (χ3n) is 1.40. The quantitative estimate of drug-likeness (QED) is 0.589. The maximum Gasteiger partial charge on any atom is 0.238 e. The molecule has 1 nitrogen and oxygen atoms in total. The van der Waals surface area contributed by atoms with Crippen LogP contribution in [0.3, 0.4) is 0 Å². The highest BCUT2D eigenvalue weighted by Gasteiger charge is 2.02. The zero-order chi connectivity index (χ0) is 9.56. The Morgan fingerprint density at radius 1 is 1.42 bits per heavy atom. The molecule has 3 heteroatoms. The van der Waals surface area contributed by atoms with Crippen LogP contribution in [0.15, 0.2) is 12.2 Å². The number of ketones is 1. The van der Waals surface area contributed by atoms with Gasteiger partial charge < -0.3 is 0 Å². The van der Waals surface area contributed by atoms with Crippen molar-refractivity contribution in [1.29, 1.82) is 0 Å². The Morgan fingerprint density at radius 2 is 2.00 bits per heavy atom. The summed E-state index contributed by atoms with van der Waals surface area (Å²) in [6.07, 6.45) is 0.725. The number of halogens is 2. The van der Waals surface area contributed by atoms with Crippen molar-refractivity contribution in [3.8, 4) is 0 Å².